The van der Waals surface area contributed by atoms with Crippen molar-refractivity contribution in [3.8, 4) is 11.6 Å². The fourth-order valence-corrected chi connectivity index (χ4v) is 1.99. The molecule has 3 aromatic rings. The topological polar surface area (TPSA) is 78.3 Å². The van der Waals surface area contributed by atoms with E-state index in [4.69, 9.17) is 22.1 Å². The maximum Gasteiger partial charge on any atom is 0.265 e. The Bertz CT molecular complexity index is 727. The number of halogens is 1. The molecule has 0 amide bonds. The number of nitrogens with two attached hydrogens (primary N) is 1. The number of hydrogen-bond donors (Lipinski definition) is 1. The van der Waals surface area contributed by atoms with Crippen molar-refractivity contribution in [1.29, 1.82) is 0 Å². The molecule has 0 aliphatic carbocycles. The summed E-state index contributed by atoms with van der Waals surface area (Å²) in [6.45, 7) is 0.283. The van der Waals surface area contributed by atoms with Crippen molar-refractivity contribution in [2.45, 2.75) is 6.54 Å². The maximum atomic E-state index is 6.08. The third-order valence-corrected chi connectivity index (χ3v) is 3.02. The average molecular weight is 276 g/mol. The summed E-state index contributed by atoms with van der Waals surface area (Å²) in [6, 6.07) is 5.35. The molecule has 0 bridgehead atoms. The number of fused-ring (bicyclic) bond motifs is 1. The Morgan fingerprint density at radius 2 is 2.26 bits per heavy atom. The first-order valence-electron chi connectivity index (χ1n) is 5.59. The molecule has 6 nitrogen and oxygen atoms in total. The molecule has 2 aromatic heterocycles. The molecular formula is C12H10ClN5O. The van der Waals surface area contributed by atoms with E-state index >= 15 is 0 Å². The molecule has 0 saturated carbocycles. The van der Waals surface area contributed by atoms with Crippen LogP contribution in [0, 0.1) is 0 Å². The van der Waals surface area contributed by atoms with Gasteiger partial charge in [-0.25, -0.2) is 4.98 Å². The SMILES string of the molecule is NCc1c(Cl)cccc1Oc1nccn2cnnc12. The predicted molar refractivity (Wildman–Crippen MR) is 70.2 cm³/mol. The zero-order chi connectivity index (χ0) is 13.2. The molecule has 0 saturated heterocycles. The predicted octanol–water partition coefficient (Wildman–Crippen LogP) is 2.03. The number of rotatable bonds is 3. The normalized spacial score (nSPS) is 10.8. The van der Waals surface area contributed by atoms with Gasteiger partial charge in [-0.1, -0.05) is 17.7 Å². The molecule has 0 aliphatic heterocycles. The van der Waals surface area contributed by atoms with Gasteiger partial charge in [0.15, 0.2) is 0 Å². The zero-order valence-corrected chi connectivity index (χ0v) is 10.6. The Hall–Kier alpha value is -2.18. The second-order valence-electron chi connectivity index (χ2n) is 3.82. The van der Waals surface area contributed by atoms with Crippen LogP contribution in [0.4, 0.5) is 0 Å². The molecule has 1 aromatic carbocycles. The summed E-state index contributed by atoms with van der Waals surface area (Å²) in [4.78, 5) is 4.15. The standard InChI is InChI=1S/C12H10ClN5O/c13-9-2-1-3-10(8(9)6-14)19-12-11-17-16-7-18(11)5-4-15-12/h1-5,7H,6,14H2. The monoisotopic (exact) mass is 275 g/mol. The molecule has 0 aliphatic rings. The minimum absolute atomic E-state index is 0.283. The summed E-state index contributed by atoms with van der Waals surface area (Å²) in [6.07, 6.45) is 4.92. The number of ether oxygens (including phenoxy) is 1. The van der Waals surface area contributed by atoms with Crippen LogP contribution < -0.4 is 10.5 Å². The lowest BCUT2D eigenvalue weighted by molar-refractivity contribution is 0.459. The maximum absolute atomic E-state index is 6.08. The van der Waals surface area contributed by atoms with Crippen LogP contribution in [0.1, 0.15) is 5.56 Å². The molecule has 0 radical (unpaired) electrons. The van der Waals surface area contributed by atoms with E-state index in [1.807, 2.05) is 0 Å². The van der Waals surface area contributed by atoms with Crippen molar-refractivity contribution in [2.24, 2.45) is 5.73 Å². The minimum Gasteiger partial charge on any atom is -0.435 e. The van der Waals surface area contributed by atoms with Crippen LogP contribution in [-0.4, -0.2) is 19.6 Å². The van der Waals surface area contributed by atoms with E-state index in [-0.39, 0.29) is 6.54 Å². The van der Waals surface area contributed by atoms with Crippen LogP contribution in [0.25, 0.3) is 5.65 Å². The van der Waals surface area contributed by atoms with Crippen LogP contribution in [0.3, 0.4) is 0 Å². The van der Waals surface area contributed by atoms with Gasteiger partial charge in [-0.15, -0.1) is 10.2 Å². The van der Waals surface area contributed by atoms with E-state index in [0.29, 0.717) is 22.3 Å². The first-order valence-corrected chi connectivity index (χ1v) is 5.97. The van der Waals surface area contributed by atoms with Gasteiger partial charge in [0.1, 0.15) is 12.1 Å². The smallest absolute Gasteiger partial charge is 0.265 e. The number of aromatic nitrogens is 4. The Balaban J connectivity index is 2.06. The second kappa shape index (κ2) is 4.83. The van der Waals surface area contributed by atoms with Gasteiger partial charge in [0.05, 0.1) is 0 Å². The Labute approximate surface area is 113 Å². The first kappa shape index (κ1) is 11.9. The number of nitrogens with zero attached hydrogens (tertiary/aromatic N) is 4. The molecule has 3 rings (SSSR count). The van der Waals surface area contributed by atoms with E-state index in [1.54, 1.807) is 41.3 Å². The highest BCUT2D eigenvalue weighted by Gasteiger charge is 2.11. The third kappa shape index (κ3) is 2.11. The quantitative estimate of drug-likeness (QED) is 0.791. The van der Waals surface area contributed by atoms with E-state index in [2.05, 4.69) is 15.2 Å². The summed E-state index contributed by atoms with van der Waals surface area (Å²) >= 11 is 6.08. The molecule has 0 spiro atoms. The number of hydrogen-bond acceptors (Lipinski definition) is 5. The highest BCUT2D eigenvalue weighted by Crippen LogP contribution is 2.30. The first-order chi connectivity index (χ1) is 9.29. The lowest BCUT2D eigenvalue weighted by Gasteiger charge is -2.10. The second-order valence-corrected chi connectivity index (χ2v) is 4.22. The van der Waals surface area contributed by atoms with E-state index in [9.17, 15) is 0 Å². The fraction of sp³-hybridized carbons (Fsp3) is 0.0833. The lowest BCUT2D eigenvalue weighted by Crippen LogP contribution is -2.01. The molecule has 0 atom stereocenters. The number of benzene rings is 1. The van der Waals surface area contributed by atoms with Gasteiger partial charge in [-0.05, 0) is 12.1 Å². The van der Waals surface area contributed by atoms with Crippen molar-refractivity contribution in [1.82, 2.24) is 19.6 Å². The molecule has 19 heavy (non-hydrogen) atoms. The molecule has 0 fully saturated rings. The zero-order valence-electron chi connectivity index (χ0n) is 9.82. The largest absolute Gasteiger partial charge is 0.435 e. The van der Waals surface area contributed by atoms with Crippen molar-refractivity contribution in [2.75, 3.05) is 0 Å². The van der Waals surface area contributed by atoms with Crippen LogP contribution in [-0.2, 0) is 6.54 Å². The lowest BCUT2D eigenvalue weighted by atomic mass is 10.2. The van der Waals surface area contributed by atoms with Crippen LogP contribution in [0.5, 0.6) is 11.6 Å². The van der Waals surface area contributed by atoms with E-state index in [1.165, 1.54) is 0 Å². The highest BCUT2D eigenvalue weighted by atomic mass is 35.5. The minimum atomic E-state index is 0.283. The summed E-state index contributed by atoms with van der Waals surface area (Å²) in [5.74, 6) is 0.926. The van der Waals surface area contributed by atoms with Crippen LogP contribution in [0.2, 0.25) is 5.02 Å². The van der Waals surface area contributed by atoms with Crippen molar-refractivity contribution >= 4 is 17.2 Å². The molecule has 2 heterocycles. The van der Waals surface area contributed by atoms with Gasteiger partial charge >= 0.3 is 0 Å². The van der Waals surface area contributed by atoms with Crippen LogP contribution >= 0.6 is 11.6 Å². The molecule has 96 valence electrons. The van der Waals surface area contributed by atoms with Crippen molar-refractivity contribution in [3.63, 3.8) is 0 Å². The highest BCUT2D eigenvalue weighted by molar-refractivity contribution is 6.31. The fourth-order valence-electron chi connectivity index (χ4n) is 1.74. The molecule has 0 unspecified atom stereocenters. The molecule has 7 heteroatoms. The van der Waals surface area contributed by atoms with Gasteiger partial charge in [-0.2, -0.15) is 0 Å². The van der Waals surface area contributed by atoms with Crippen molar-refractivity contribution in [3.05, 3.63) is 47.5 Å². The van der Waals surface area contributed by atoms with E-state index in [0.717, 1.165) is 5.56 Å². The Morgan fingerprint density at radius 3 is 3.11 bits per heavy atom. The Morgan fingerprint density at radius 1 is 1.37 bits per heavy atom. The summed E-state index contributed by atoms with van der Waals surface area (Å²) < 4.78 is 7.47. The Kier molecular flexibility index (Phi) is 3.02. The summed E-state index contributed by atoms with van der Waals surface area (Å²) in [7, 11) is 0. The van der Waals surface area contributed by atoms with Gasteiger partial charge < -0.3 is 10.5 Å². The van der Waals surface area contributed by atoms with Gasteiger partial charge in [0, 0.05) is 29.5 Å². The summed E-state index contributed by atoms with van der Waals surface area (Å²) in [5, 5.41) is 8.32. The molecule has 2 N–H and O–H groups in total. The molecular weight excluding hydrogens is 266 g/mol. The van der Waals surface area contributed by atoms with Crippen LogP contribution in [0.15, 0.2) is 36.9 Å². The average Bonchev–Trinajstić information content (AvgIpc) is 2.88. The summed E-state index contributed by atoms with van der Waals surface area (Å²) in [5.41, 5.74) is 6.94. The van der Waals surface area contributed by atoms with Gasteiger partial charge in [0.25, 0.3) is 5.88 Å². The third-order valence-electron chi connectivity index (χ3n) is 2.67. The van der Waals surface area contributed by atoms with Crippen molar-refractivity contribution < 1.29 is 4.74 Å². The van der Waals surface area contributed by atoms with Gasteiger partial charge in [-0.3, -0.25) is 4.40 Å². The van der Waals surface area contributed by atoms with Gasteiger partial charge in [0.2, 0.25) is 5.65 Å². The van der Waals surface area contributed by atoms with E-state index < -0.39 is 0 Å².